The van der Waals surface area contributed by atoms with Crippen LogP contribution >= 0.6 is 22.9 Å². The topological polar surface area (TPSA) is 75.4 Å². The summed E-state index contributed by atoms with van der Waals surface area (Å²) in [6.45, 7) is 4.47. The molecule has 0 bridgehead atoms. The van der Waals surface area contributed by atoms with Gasteiger partial charge in [-0.3, -0.25) is 9.59 Å². The zero-order chi connectivity index (χ0) is 16.1. The first-order valence-corrected chi connectivity index (χ1v) is 8.76. The van der Waals surface area contributed by atoms with Crippen LogP contribution in [0.2, 0.25) is 4.34 Å². The first-order chi connectivity index (χ1) is 10.5. The quantitative estimate of drug-likeness (QED) is 0.796. The van der Waals surface area contributed by atoms with Gasteiger partial charge in [0, 0.05) is 32.1 Å². The van der Waals surface area contributed by atoms with Crippen LogP contribution in [0.15, 0.2) is 12.1 Å². The van der Waals surface area contributed by atoms with Gasteiger partial charge >= 0.3 is 0 Å². The monoisotopic (exact) mass is 343 g/mol. The highest BCUT2D eigenvalue weighted by molar-refractivity contribution is 7.17. The summed E-state index contributed by atoms with van der Waals surface area (Å²) in [4.78, 5) is 26.0. The van der Waals surface area contributed by atoms with Crippen molar-refractivity contribution in [3.05, 3.63) is 21.3 Å². The van der Waals surface area contributed by atoms with Gasteiger partial charge < -0.3 is 16.0 Å². The van der Waals surface area contributed by atoms with Crippen LogP contribution in [0.5, 0.6) is 0 Å². The lowest BCUT2D eigenvalue weighted by molar-refractivity contribution is -0.118. The minimum Gasteiger partial charge on any atom is -0.370 e. The molecule has 0 spiro atoms. The summed E-state index contributed by atoms with van der Waals surface area (Å²) in [5.41, 5.74) is 5.21. The van der Waals surface area contributed by atoms with Gasteiger partial charge in [0.2, 0.25) is 5.91 Å². The van der Waals surface area contributed by atoms with Crippen molar-refractivity contribution in [3.8, 4) is 0 Å². The Morgan fingerprint density at radius 3 is 2.82 bits per heavy atom. The maximum atomic E-state index is 12.3. The average Bonchev–Trinajstić information content (AvgIpc) is 3.04. The Kier molecular flexibility index (Phi) is 6.23. The zero-order valence-corrected chi connectivity index (χ0v) is 14.3. The summed E-state index contributed by atoms with van der Waals surface area (Å²) in [7, 11) is 0. The van der Waals surface area contributed by atoms with Gasteiger partial charge in [-0.2, -0.15) is 0 Å². The molecule has 0 saturated carbocycles. The second kappa shape index (κ2) is 7.94. The highest BCUT2D eigenvalue weighted by atomic mass is 35.5. The molecule has 1 aliphatic heterocycles. The molecule has 5 nitrogen and oxygen atoms in total. The summed E-state index contributed by atoms with van der Waals surface area (Å²) >= 11 is 7.17. The molecule has 2 rings (SSSR count). The van der Waals surface area contributed by atoms with E-state index in [0.717, 1.165) is 25.9 Å². The van der Waals surface area contributed by atoms with Crippen molar-refractivity contribution in [2.75, 3.05) is 19.6 Å². The van der Waals surface area contributed by atoms with E-state index >= 15 is 0 Å². The standard InChI is InChI=1S/C15H22ClN3O2S/c1-2-3-10-8-19(7-6-14(17)20)9-11(10)18-15(21)12-4-5-13(16)22-12/h4-5,10-11H,2-3,6-9H2,1H3,(H2,17,20)(H,18,21)/t10-,11-/m1/s1. The molecule has 2 atom stereocenters. The second-order valence-electron chi connectivity index (χ2n) is 5.71. The van der Waals surface area contributed by atoms with E-state index in [1.165, 1.54) is 11.3 Å². The zero-order valence-electron chi connectivity index (χ0n) is 12.7. The third kappa shape index (κ3) is 4.69. The van der Waals surface area contributed by atoms with Crippen LogP contribution in [-0.2, 0) is 4.79 Å². The molecule has 0 unspecified atom stereocenters. The second-order valence-corrected chi connectivity index (χ2v) is 7.42. The third-order valence-electron chi connectivity index (χ3n) is 3.96. The van der Waals surface area contributed by atoms with Gasteiger partial charge in [0.25, 0.3) is 5.91 Å². The number of nitrogens with zero attached hydrogens (tertiary/aromatic N) is 1. The van der Waals surface area contributed by atoms with Crippen molar-refractivity contribution in [2.45, 2.75) is 32.2 Å². The number of hydrogen-bond donors (Lipinski definition) is 2. The molecular formula is C15H22ClN3O2S. The fourth-order valence-corrected chi connectivity index (χ4v) is 3.86. The number of nitrogens with one attached hydrogen (secondary N) is 1. The van der Waals surface area contributed by atoms with Crippen LogP contribution in [0.4, 0.5) is 0 Å². The van der Waals surface area contributed by atoms with Crippen LogP contribution in [0, 0.1) is 5.92 Å². The van der Waals surface area contributed by atoms with Gasteiger partial charge in [-0.05, 0) is 24.5 Å². The molecule has 1 aromatic heterocycles. The number of likely N-dealkylation sites (tertiary alicyclic amines) is 1. The summed E-state index contributed by atoms with van der Waals surface area (Å²) in [5, 5.41) is 3.12. The Hall–Kier alpha value is -1.11. The number of carbonyl (C=O) groups excluding carboxylic acids is 2. The van der Waals surface area contributed by atoms with Crippen molar-refractivity contribution >= 4 is 34.8 Å². The lowest BCUT2D eigenvalue weighted by Crippen LogP contribution is -2.40. The smallest absolute Gasteiger partial charge is 0.261 e. The Labute approximate surface area is 139 Å². The van der Waals surface area contributed by atoms with Crippen molar-refractivity contribution in [1.29, 1.82) is 0 Å². The predicted octanol–water partition coefficient (Wildman–Crippen LogP) is 2.11. The molecule has 3 N–H and O–H groups in total. The SMILES string of the molecule is CCC[C@@H]1CN(CCC(N)=O)C[C@H]1NC(=O)c1ccc(Cl)s1. The van der Waals surface area contributed by atoms with Crippen molar-refractivity contribution < 1.29 is 9.59 Å². The summed E-state index contributed by atoms with van der Waals surface area (Å²) in [6.07, 6.45) is 2.49. The molecule has 2 amide bonds. The number of primary amides is 1. The number of amides is 2. The number of halogens is 1. The number of thiophene rings is 1. The van der Waals surface area contributed by atoms with Crippen LogP contribution in [0.1, 0.15) is 35.9 Å². The van der Waals surface area contributed by atoms with Crippen molar-refractivity contribution in [2.24, 2.45) is 11.7 Å². The van der Waals surface area contributed by atoms with Crippen LogP contribution in [0.3, 0.4) is 0 Å². The molecule has 1 saturated heterocycles. The lowest BCUT2D eigenvalue weighted by Gasteiger charge is -2.18. The maximum absolute atomic E-state index is 12.3. The van der Waals surface area contributed by atoms with Gasteiger partial charge in [0.05, 0.1) is 9.21 Å². The van der Waals surface area contributed by atoms with Gasteiger partial charge in [0.1, 0.15) is 0 Å². The van der Waals surface area contributed by atoms with E-state index in [0.29, 0.717) is 28.1 Å². The molecule has 22 heavy (non-hydrogen) atoms. The minimum atomic E-state index is -0.284. The van der Waals surface area contributed by atoms with E-state index < -0.39 is 0 Å². The molecule has 7 heteroatoms. The fraction of sp³-hybridized carbons (Fsp3) is 0.600. The van der Waals surface area contributed by atoms with Gasteiger partial charge in [-0.1, -0.05) is 24.9 Å². The van der Waals surface area contributed by atoms with E-state index in [1.54, 1.807) is 12.1 Å². The van der Waals surface area contributed by atoms with E-state index in [-0.39, 0.29) is 17.9 Å². The van der Waals surface area contributed by atoms with Crippen LogP contribution < -0.4 is 11.1 Å². The molecule has 1 fully saturated rings. The Bertz CT molecular complexity index is 535. The van der Waals surface area contributed by atoms with E-state index in [2.05, 4.69) is 17.1 Å². The highest BCUT2D eigenvalue weighted by Crippen LogP contribution is 2.24. The first-order valence-electron chi connectivity index (χ1n) is 7.56. The van der Waals surface area contributed by atoms with E-state index in [9.17, 15) is 9.59 Å². The predicted molar refractivity (Wildman–Crippen MR) is 89.2 cm³/mol. The fourth-order valence-electron chi connectivity index (χ4n) is 2.91. The van der Waals surface area contributed by atoms with Crippen LogP contribution in [-0.4, -0.2) is 42.4 Å². The summed E-state index contributed by atoms with van der Waals surface area (Å²) < 4.78 is 0.616. The maximum Gasteiger partial charge on any atom is 0.261 e. The molecular weight excluding hydrogens is 322 g/mol. The van der Waals surface area contributed by atoms with Gasteiger partial charge in [-0.15, -0.1) is 11.3 Å². The Morgan fingerprint density at radius 2 is 2.23 bits per heavy atom. The first kappa shape index (κ1) is 17.2. The molecule has 0 aromatic carbocycles. The van der Waals surface area contributed by atoms with Gasteiger partial charge in [-0.25, -0.2) is 0 Å². The largest absolute Gasteiger partial charge is 0.370 e. The Balaban J connectivity index is 1.94. The summed E-state index contributed by atoms with van der Waals surface area (Å²) in [5.74, 6) is 0.0600. The van der Waals surface area contributed by atoms with Crippen molar-refractivity contribution in [3.63, 3.8) is 0 Å². The third-order valence-corrected chi connectivity index (χ3v) is 5.19. The molecule has 0 radical (unpaired) electrons. The average molecular weight is 344 g/mol. The van der Waals surface area contributed by atoms with E-state index in [1.807, 2.05) is 0 Å². The number of hydrogen-bond acceptors (Lipinski definition) is 4. The lowest BCUT2D eigenvalue weighted by atomic mass is 9.98. The van der Waals surface area contributed by atoms with Crippen LogP contribution in [0.25, 0.3) is 0 Å². The van der Waals surface area contributed by atoms with E-state index in [4.69, 9.17) is 17.3 Å². The number of carbonyl (C=O) groups is 2. The minimum absolute atomic E-state index is 0.0697. The van der Waals surface area contributed by atoms with Gasteiger partial charge in [0.15, 0.2) is 0 Å². The summed E-state index contributed by atoms with van der Waals surface area (Å²) in [6, 6.07) is 3.59. The molecule has 0 aliphatic carbocycles. The Morgan fingerprint density at radius 1 is 1.45 bits per heavy atom. The molecule has 122 valence electrons. The van der Waals surface area contributed by atoms with Crippen molar-refractivity contribution in [1.82, 2.24) is 10.2 Å². The number of rotatable bonds is 7. The molecule has 1 aliphatic rings. The number of nitrogens with two attached hydrogens (primary N) is 1. The molecule has 1 aromatic rings. The highest BCUT2D eigenvalue weighted by Gasteiger charge is 2.33. The molecule has 2 heterocycles. The normalized spacial score (nSPS) is 21.9.